The molecule has 174 valence electrons. The lowest BCUT2D eigenvalue weighted by Crippen LogP contribution is -2.36. The van der Waals surface area contributed by atoms with E-state index in [1.165, 1.54) is 6.92 Å². The number of hydrogen-bond acceptors (Lipinski definition) is 6. The predicted octanol–water partition coefficient (Wildman–Crippen LogP) is 5.21. The number of ketones is 1. The van der Waals surface area contributed by atoms with E-state index in [2.05, 4.69) is 0 Å². The maximum absolute atomic E-state index is 11.8. The maximum Gasteiger partial charge on any atom is 0.226 e. The Morgan fingerprint density at radius 1 is 1.12 bits per heavy atom. The van der Waals surface area contributed by atoms with Gasteiger partial charge in [-0.3, -0.25) is 9.69 Å². The van der Waals surface area contributed by atoms with E-state index in [-0.39, 0.29) is 12.3 Å². The Bertz CT molecular complexity index is 1150. The minimum Gasteiger partial charge on any atom is -0.480 e. The third-order valence-corrected chi connectivity index (χ3v) is 5.72. The van der Waals surface area contributed by atoms with Crippen LogP contribution in [0.1, 0.15) is 48.9 Å². The third-order valence-electron chi connectivity index (χ3n) is 5.72. The van der Waals surface area contributed by atoms with E-state index in [0.29, 0.717) is 24.7 Å². The van der Waals surface area contributed by atoms with Crippen molar-refractivity contribution in [1.29, 1.82) is 0 Å². The van der Waals surface area contributed by atoms with Gasteiger partial charge in [0.25, 0.3) is 0 Å². The molecule has 0 fully saturated rings. The Balaban J connectivity index is 1.76. The minimum absolute atomic E-state index is 0.0313. The second-order valence-electron chi connectivity index (χ2n) is 9.00. The van der Waals surface area contributed by atoms with Gasteiger partial charge in [0.2, 0.25) is 5.89 Å². The van der Waals surface area contributed by atoms with Gasteiger partial charge in [-0.25, -0.2) is 4.98 Å². The van der Waals surface area contributed by atoms with Gasteiger partial charge < -0.3 is 13.9 Å². The number of aromatic nitrogens is 1. The van der Waals surface area contributed by atoms with Crippen molar-refractivity contribution in [3.63, 3.8) is 0 Å². The largest absolute Gasteiger partial charge is 0.480 e. The standard InChI is InChI=1S/C27H32N2O4/c1-18-8-7-9-23(14-18)26-28-24(20(3)32-26)17-29(12-13-30)16-22-10-11-25(19(2)15-22)33-27(5,6)21(4)31/h7-11,13-15H,12,16-17H2,1-6H3. The van der Waals surface area contributed by atoms with Crippen LogP contribution in [-0.4, -0.2) is 34.1 Å². The molecule has 6 heteroatoms. The van der Waals surface area contributed by atoms with Crippen LogP contribution in [0.2, 0.25) is 0 Å². The predicted molar refractivity (Wildman–Crippen MR) is 128 cm³/mol. The van der Waals surface area contributed by atoms with Crippen molar-refractivity contribution in [2.75, 3.05) is 6.54 Å². The van der Waals surface area contributed by atoms with E-state index in [0.717, 1.165) is 40.0 Å². The molecule has 0 saturated heterocycles. The van der Waals surface area contributed by atoms with Crippen LogP contribution in [0.15, 0.2) is 46.9 Å². The molecule has 0 aliphatic rings. The molecule has 0 unspecified atom stereocenters. The van der Waals surface area contributed by atoms with Crippen molar-refractivity contribution in [2.45, 2.75) is 60.2 Å². The zero-order chi connectivity index (χ0) is 24.2. The molecular formula is C27H32N2O4. The molecule has 2 aromatic carbocycles. The molecule has 0 N–H and O–H groups in total. The molecule has 0 spiro atoms. The summed E-state index contributed by atoms with van der Waals surface area (Å²) in [6.45, 7) is 12.3. The van der Waals surface area contributed by atoms with Crippen LogP contribution in [0.4, 0.5) is 0 Å². The van der Waals surface area contributed by atoms with Gasteiger partial charge in [-0.05, 0) is 70.9 Å². The Labute approximate surface area is 195 Å². The van der Waals surface area contributed by atoms with E-state index in [9.17, 15) is 9.59 Å². The third kappa shape index (κ3) is 6.17. The Kier molecular flexibility index (Phi) is 7.49. The summed E-state index contributed by atoms with van der Waals surface area (Å²) in [6.07, 6.45) is 0.899. The summed E-state index contributed by atoms with van der Waals surface area (Å²) >= 11 is 0. The summed E-state index contributed by atoms with van der Waals surface area (Å²) < 4.78 is 11.8. The first-order valence-electron chi connectivity index (χ1n) is 11.1. The lowest BCUT2D eigenvalue weighted by atomic mass is 10.0. The quantitative estimate of drug-likeness (QED) is 0.396. The summed E-state index contributed by atoms with van der Waals surface area (Å²) in [5.74, 6) is 1.98. The van der Waals surface area contributed by atoms with Crippen LogP contribution in [0, 0.1) is 20.8 Å². The average Bonchev–Trinajstić information content (AvgIpc) is 3.10. The normalized spacial score (nSPS) is 11.6. The molecule has 3 rings (SSSR count). The molecule has 0 aliphatic heterocycles. The van der Waals surface area contributed by atoms with E-state index >= 15 is 0 Å². The van der Waals surface area contributed by atoms with Gasteiger partial charge in [0.15, 0.2) is 11.4 Å². The van der Waals surface area contributed by atoms with Crippen molar-refractivity contribution in [3.05, 3.63) is 70.6 Å². The van der Waals surface area contributed by atoms with E-state index in [1.807, 2.05) is 68.1 Å². The fraction of sp³-hybridized carbons (Fsp3) is 0.370. The van der Waals surface area contributed by atoms with E-state index in [4.69, 9.17) is 14.1 Å². The van der Waals surface area contributed by atoms with Gasteiger partial charge in [0, 0.05) is 18.7 Å². The molecular weight excluding hydrogens is 416 g/mol. The first-order valence-corrected chi connectivity index (χ1v) is 11.1. The number of hydrogen-bond donors (Lipinski definition) is 0. The fourth-order valence-corrected chi connectivity index (χ4v) is 3.51. The number of carbonyl (C=O) groups excluding carboxylic acids is 2. The molecule has 1 aromatic heterocycles. The summed E-state index contributed by atoms with van der Waals surface area (Å²) in [5.41, 5.74) is 3.99. The van der Waals surface area contributed by atoms with Crippen LogP contribution in [-0.2, 0) is 22.7 Å². The lowest BCUT2D eigenvalue weighted by Gasteiger charge is -2.25. The monoisotopic (exact) mass is 448 g/mol. The molecule has 0 bridgehead atoms. The highest BCUT2D eigenvalue weighted by Gasteiger charge is 2.26. The number of oxazole rings is 1. The van der Waals surface area contributed by atoms with E-state index < -0.39 is 5.60 Å². The molecule has 0 radical (unpaired) electrons. The zero-order valence-electron chi connectivity index (χ0n) is 20.3. The van der Waals surface area contributed by atoms with Crippen LogP contribution in [0.5, 0.6) is 5.75 Å². The highest BCUT2D eigenvalue weighted by Crippen LogP contribution is 2.26. The molecule has 0 amide bonds. The maximum atomic E-state index is 11.8. The van der Waals surface area contributed by atoms with Gasteiger partial charge in [-0.2, -0.15) is 0 Å². The van der Waals surface area contributed by atoms with Gasteiger partial charge >= 0.3 is 0 Å². The fourth-order valence-electron chi connectivity index (χ4n) is 3.51. The van der Waals surface area contributed by atoms with Crippen LogP contribution >= 0.6 is 0 Å². The summed E-state index contributed by atoms with van der Waals surface area (Å²) in [7, 11) is 0. The zero-order valence-corrected chi connectivity index (χ0v) is 20.3. The number of nitrogens with zero attached hydrogens (tertiary/aromatic N) is 2. The molecule has 0 saturated carbocycles. The molecule has 6 nitrogen and oxygen atoms in total. The van der Waals surface area contributed by atoms with Gasteiger partial charge in [-0.15, -0.1) is 0 Å². The molecule has 0 atom stereocenters. The molecule has 33 heavy (non-hydrogen) atoms. The Hall–Kier alpha value is -3.25. The first-order chi connectivity index (χ1) is 15.6. The number of benzene rings is 2. The van der Waals surface area contributed by atoms with E-state index in [1.54, 1.807) is 13.8 Å². The van der Waals surface area contributed by atoms with Gasteiger partial charge in [-0.1, -0.05) is 29.8 Å². The Morgan fingerprint density at radius 3 is 2.52 bits per heavy atom. The number of carbonyl (C=O) groups is 2. The van der Waals surface area contributed by atoms with Gasteiger partial charge in [0.05, 0.1) is 12.2 Å². The van der Waals surface area contributed by atoms with Crippen molar-refractivity contribution < 1.29 is 18.7 Å². The number of Topliss-reactive ketones (excluding diaryl/α,β-unsaturated/α-hetero) is 1. The van der Waals surface area contributed by atoms with Gasteiger partial charge in [0.1, 0.15) is 17.8 Å². The highest BCUT2D eigenvalue weighted by atomic mass is 16.5. The second-order valence-corrected chi connectivity index (χ2v) is 9.00. The molecule has 3 aromatic rings. The summed E-state index contributed by atoms with van der Waals surface area (Å²) in [5, 5.41) is 0. The van der Waals surface area contributed by atoms with Crippen molar-refractivity contribution in [2.24, 2.45) is 0 Å². The average molecular weight is 449 g/mol. The summed E-state index contributed by atoms with van der Waals surface area (Å²) in [4.78, 5) is 29.9. The number of aldehydes is 1. The smallest absolute Gasteiger partial charge is 0.226 e. The first kappa shape index (κ1) is 24.4. The number of rotatable bonds is 10. The second kappa shape index (κ2) is 10.1. The molecule has 1 heterocycles. The topological polar surface area (TPSA) is 72.6 Å². The lowest BCUT2D eigenvalue weighted by molar-refractivity contribution is -0.129. The van der Waals surface area contributed by atoms with Crippen molar-refractivity contribution in [1.82, 2.24) is 9.88 Å². The number of ether oxygens (including phenoxy) is 1. The molecule has 0 aliphatic carbocycles. The highest BCUT2D eigenvalue weighted by molar-refractivity contribution is 5.84. The Morgan fingerprint density at radius 2 is 1.88 bits per heavy atom. The minimum atomic E-state index is -0.880. The van der Waals surface area contributed by atoms with Crippen LogP contribution in [0.3, 0.4) is 0 Å². The number of aryl methyl sites for hydroxylation is 3. The van der Waals surface area contributed by atoms with Crippen molar-refractivity contribution in [3.8, 4) is 17.2 Å². The SMILES string of the molecule is CC(=O)C(C)(C)Oc1ccc(CN(CC=O)Cc2nc(-c3cccc(C)c3)oc2C)cc1C. The summed E-state index contributed by atoms with van der Waals surface area (Å²) in [6, 6.07) is 13.9. The van der Waals surface area contributed by atoms with Crippen molar-refractivity contribution >= 4 is 12.1 Å². The van der Waals surface area contributed by atoms with Crippen LogP contribution < -0.4 is 4.74 Å². The van der Waals surface area contributed by atoms with Crippen LogP contribution in [0.25, 0.3) is 11.5 Å².